The van der Waals surface area contributed by atoms with Crippen molar-refractivity contribution in [2.75, 3.05) is 6.26 Å². The fourth-order valence-corrected chi connectivity index (χ4v) is 1.86. The van der Waals surface area contributed by atoms with Gasteiger partial charge in [0.15, 0.2) is 0 Å². The van der Waals surface area contributed by atoms with Crippen LogP contribution in [0.2, 0.25) is 0 Å². The third-order valence-electron chi connectivity index (χ3n) is 3.06. The first-order valence-corrected chi connectivity index (χ1v) is 7.11. The quantitative estimate of drug-likeness (QED) is 0.819. The summed E-state index contributed by atoms with van der Waals surface area (Å²) in [4.78, 5) is 16.1. The molecule has 0 radical (unpaired) electrons. The normalized spacial score (nSPS) is 14.1. The van der Waals surface area contributed by atoms with E-state index >= 15 is 0 Å². The summed E-state index contributed by atoms with van der Waals surface area (Å²) in [5.41, 5.74) is 0.680. The van der Waals surface area contributed by atoms with Crippen LogP contribution in [0.3, 0.4) is 0 Å². The number of nitrogens with one attached hydrogen (secondary N) is 1. The van der Waals surface area contributed by atoms with Crippen LogP contribution in [0.5, 0.6) is 0 Å². The molecule has 17 heavy (non-hydrogen) atoms. The van der Waals surface area contributed by atoms with Gasteiger partial charge in [0, 0.05) is 17.8 Å². The smallest absolute Gasteiger partial charge is 0.251 e. The average Bonchev–Trinajstić information content (AvgIpc) is 2.37. The van der Waals surface area contributed by atoms with Crippen molar-refractivity contribution in [3.8, 4) is 0 Å². The molecule has 0 spiro atoms. The molecule has 0 bridgehead atoms. The van der Waals surface area contributed by atoms with Gasteiger partial charge in [-0.2, -0.15) is 0 Å². The molecule has 1 N–H and O–H groups in total. The molecular weight excluding hydrogens is 232 g/mol. The molecular formula is C13H20N2OS. The van der Waals surface area contributed by atoms with Gasteiger partial charge in [0.05, 0.1) is 5.03 Å². The van der Waals surface area contributed by atoms with Gasteiger partial charge in [-0.05, 0) is 31.2 Å². The molecule has 0 aliphatic heterocycles. The van der Waals surface area contributed by atoms with E-state index in [1.54, 1.807) is 12.3 Å². The molecule has 1 aromatic rings. The van der Waals surface area contributed by atoms with Crippen molar-refractivity contribution < 1.29 is 4.79 Å². The van der Waals surface area contributed by atoms with Gasteiger partial charge in [-0.1, -0.05) is 20.3 Å². The number of carbonyl (C=O) groups excluding carboxylic acids is 1. The van der Waals surface area contributed by atoms with E-state index in [1.165, 1.54) is 11.8 Å². The van der Waals surface area contributed by atoms with E-state index in [1.807, 2.05) is 19.2 Å². The Kier molecular flexibility index (Phi) is 5.48. The Balaban J connectivity index is 2.69. The summed E-state index contributed by atoms with van der Waals surface area (Å²) in [5.74, 6) is 0.469. The van der Waals surface area contributed by atoms with Gasteiger partial charge in [-0.15, -0.1) is 11.8 Å². The molecule has 2 atom stereocenters. The maximum atomic E-state index is 12.0. The van der Waals surface area contributed by atoms with Crippen molar-refractivity contribution >= 4 is 17.7 Å². The molecule has 1 aromatic heterocycles. The molecule has 3 nitrogen and oxygen atoms in total. The summed E-state index contributed by atoms with van der Waals surface area (Å²) in [6, 6.07) is 3.76. The standard InChI is InChI=1S/C13H20N2OS/c1-5-9(2)10(3)15-13(16)11-6-7-14-12(8-11)17-4/h6-10H,5H2,1-4H3,(H,15,16)/t9-,10+/m1/s1. The van der Waals surface area contributed by atoms with Crippen LogP contribution in [0.4, 0.5) is 0 Å². The number of carbonyl (C=O) groups is 1. The highest BCUT2D eigenvalue weighted by atomic mass is 32.2. The Morgan fingerprint density at radius 2 is 2.24 bits per heavy atom. The highest BCUT2D eigenvalue weighted by molar-refractivity contribution is 7.98. The average molecular weight is 252 g/mol. The number of rotatable bonds is 5. The predicted octanol–water partition coefficient (Wildman–Crippen LogP) is 2.97. The minimum Gasteiger partial charge on any atom is -0.349 e. The first-order valence-electron chi connectivity index (χ1n) is 5.89. The van der Waals surface area contributed by atoms with Crippen LogP contribution in [-0.2, 0) is 0 Å². The van der Waals surface area contributed by atoms with Gasteiger partial charge in [0.1, 0.15) is 0 Å². The molecule has 1 amide bonds. The molecule has 0 saturated heterocycles. The van der Waals surface area contributed by atoms with Crippen molar-refractivity contribution in [2.24, 2.45) is 5.92 Å². The number of amides is 1. The van der Waals surface area contributed by atoms with Gasteiger partial charge in [-0.3, -0.25) is 4.79 Å². The molecule has 0 fully saturated rings. The Morgan fingerprint density at radius 1 is 1.53 bits per heavy atom. The SMILES string of the molecule is CC[C@@H](C)[C@H](C)NC(=O)c1ccnc(SC)c1. The largest absolute Gasteiger partial charge is 0.349 e. The number of pyridine rings is 1. The van der Waals surface area contributed by atoms with Crippen LogP contribution in [-0.4, -0.2) is 23.2 Å². The summed E-state index contributed by atoms with van der Waals surface area (Å²) in [7, 11) is 0. The van der Waals surface area contributed by atoms with Crippen LogP contribution in [0.25, 0.3) is 0 Å². The lowest BCUT2D eigenvalue weighted by molar-refractivity contribution is 0.0927. The second-order valence-electron chi connectivity index (χ2n) is 4.23. The molecule has 1 heterocycles. The van der Waals surface area contributed by atoms with Crippen LogP contribution in [0, 0.1) is 5.92 Å². The van der Waals surface area contributed by atoms with E-state index in [4.69, 9.17) is 0 Å². The Bertz CT molecular complexity index is 381. The minimum absolute atomic E-state index is 0.0181. The van der Waals surface area contributed by atoms with Crippen LogP contribution >= 0.6 is 11.8 Å². The number of thioether (sulfide) groups is 1. The lowest BCUT2D eigenvalue weighted by atomic mass is 10.0. The van der Waals surface area contributed by atoms with E-state index in [-0.39, 0.29) is 11.9 Å². The number of aromatic nitrogens is 1. The van der Waals surface area contributed by atoms with E-state index < -0.39 is 0 Å². The van der Waals surface area contributed by atoms with Crippen molar-refractivity contribution in [3.05, 3.63) is 23.9 Å². The zero-order valence-electron chi connectivity index (χ0n) is 10.9. The molecule has 0 aromatic carbocycles. The molecule has 0 saturated carbocycles. The minimum atomic E-state index is -0.0181. The van der Waals surface area contributed by atoms with E-state index in [0.717, 1.165) is 11.4 Å². The van der Waals surface area contributed by atoms with Crippen LogP contribution < -0.4 is 5.32 Å². The fraction of sp³-hybridized carbons (Fsp3) is 0.538. The lowest BCUT2D eigenvalue weighted by Crippen LogP contribution is -2.36. The number of hydrogen-bond acceptors (Lipinski definition) is 3. The zero-order chi connectivity index (χ0) is 12.8. The van der Waals surface area contributed by atoms with Crippen molar-refractivity contribution in [2.45, 2.75) is 38.3 Å². The topological polar surface area (TPSA) is 42.0 Å². The number of nitrogens with zero attached hydrogens (tertiary/aromatic N) is 1. The molecule has 0 aliphatic carbocycles. The molecule has 0 unspecified atom stereocenters. The van der Waals surface area contributed by atoms with Gasteiger partial charge in [0.25, 0.3) is 5.91 Å². The predicted molar refractivity (Wildman–Crippen MR) is 72.4 cm³/mol. The zero-order valence-corrected chi connectivity index (χ0v) is 11.7. The van der Waals surface area contributed by atoms with Crippen molar-refractivity contribution in [1.29, 1.82) is 0 Å². The molecule has 0 aliphatic rings. The monoisotopic (exact) mass is 252 g/mol. The maximum absolute atomic E-state index is 12.0. The summed E-state index contributed by atoms with van der Waals surface area (Å²) in [5, 5.41) is 3.89. The second kappa shape index (κ2) is 6.64. The summed E-state index contributed by atoms with van der Waals surface area (Å²) >= 11 is 1.54. The lowest BCUT2D eigenvalue weighted by Gasteiger charge is -2.19. The first-order chi connectivity index (χ1) is 8.08. The van der Waals surface area contributed by atoms with Gasteiger partial charge >= 0.3 is 0 Å². The van der Waals surface area contributed by atoms with Crippen molar-refractivity contribution in [1.82, 2.24) is 10.3 Å². The van der Waals surface area contributed by atoms with E-state index in [9.17, 15) is 4.79 Å². The highest BCUT2D eigenvalue weighted by Gasteiger charge is 2.14. The van der Waals surface area contributed by atoms with Gasteiger partial charge < -0.3 is 5.32 Å². The molecule has 94 valence electrons. The summed E-state index contributed by atoms with van der Waals surface area (Å²) < 4.78 is 0. The maximum Gasteiger partial charge on any atom is 0.251 e. The Hall–Kier alpha value is -1.03. The Morgan fingerprint density at radius 3 is 2.82 bits per heavy atom. The molecule has 1 rings (SSSR count). The first kappa shape index (κ1) is 14.0. The highest BCUT2D eigenvalue weighted by Crippen LogP contribution is 2.13. The van der Waals surface area contributed by atoms with Gasteiger partial charge in [0.2, 0.25) is 0 Å². The fourth-order valence-electron chi connectivity index (χ4n) is 1.45. The summed E-state index contributed by atoms with van der Waals surface area (Å²) in [6.45, 7) is 6.32. The van der Waals surface area contributed by atoms with E-state index in [0.29, 0.717) is 11.5 Å². The third kappa shape index (κ3) is 4.04. The van der Waals surface area contributed by atoms with Gasteiger partial charge in [-0.25, -0.2) is 4.98 Å². The molecule has 4 heteroatoms. The summed E-state index contributed by atoms with van der Waals surface area (Å²) in [6.07, 6.45) is 4.69. The van der Waals surface area contributed by atoms with E-state index in [2.05, 4.69) is 24.1 Å². The second-order valence-corrected chi connectivity index (χ2v) is 5.06. The van der Waals surface area contributed by atoms with Crippen LogP contribution in [0.15, 0.2) is 23.4 Å². The third-order valence-corrected chi connectivity index (χ3v) is 3.70. The Labute approximate surface area is 107 Å². The van der Waals surface area contributed by atoms with Crippen LogP contribution in [0.1, 0.15) is 37.6 Å². The van der Waals surface area contributed by atoms with Crippen molar-refractivity contribution in [3.63, 3.8) is 0 Å². The number of hydrogen-bond donors (Lipinski definition) is 1.